The van der Waals surface area contributed by atoms with E-state index >= 15 is 0 Å². The molecule has 110 valence electrons. The van der Waals surface area contributed by atoms with Gasteiger partial charge >= 0.3 is 5.97 Å². The Hall–Kier alpha value is -1.38. The molecule has 3 heteroatoms. The molecule has 0 fully saturated rings. The van der Waals surface area contributed by atoms with Crippen molar-refractivity contribution < 1.29 is 9.53 Å². The number of hydrogen-bond acceptors (Lipinski definition) is 3. The van der Waals surface area contributed by atoms with Crippen LogP contribution in [0.5, 0.6) is 0 Å². The fourth-order valence-corrected chi connectivity index (χ4v) is 2.75. The first kappa shape index (κ1) is 15.0. The van der Waals surface area contributed by atoms with Gasteiger partial charge in [-0.25, -0.2) is 4.79 Å². The summed E-state index contributed by atoms with van der Waals surface area (Å²) in [4.78, 5) is 17.1. The van der Waals surface area contributed by atoms with Gasteiger partial charge in [-0.2, -0.15) is 0 Å². The molecule has 0 aromatic carbocycles. The molecule has 20 heavy (non-hydrogen) atoms. The molecule has 1 aromatic heterocycles. The van der Waals surface area contributed by atoms with Gasteiger partial charge in [-0.15, -0.1) is 0 Å². The minimum atomic E-state index is -0.239. The van der Waals surface area contributed by atoms with Crippen molar-refractivity contribution in [3.05, 3.63) is 28.6 Å². The van der Waals surface area contributed by atoms with E-state index < -0.39 is 0 Å². The second-order valence-electron chi connectivity index (χ2n) is 6.52. The van der Waals surface area contributed by atoms with Crippen molar-refractivity contribution in [1.82, 2.24) is 4.98 Å². The van der Waals surface area contributed by atoms with Crippen molar-refractivity contribution in [2.24, 2.45) is 0 Å². The minimum absolute atomic E-state index is 0.149. The van der Waals surface area contributed by atoms with Gasteiger partial charge in [-0.3, -0.25) is 4.98 Å². The van der Waals surface area contributed by atoms with E-state index in [0.29, 0.717) is 12.2 Å². The summed E-state index contributed by atoms with van der Waals surface area (Å²) in [6.45, 7) is 8.54. The molecule has 1 aliphatic rings. The molecule has 0 atom stereocenters. The van der Waals surface area contributed by atoms with Crippen molar-refractivity contribution >= 4 is 5.97 Å². The Balaban J connectivity index is 2.52. The third-order valence-corrected chi connectivity index (χ3v) is 3.76. The predicted octanol–water partition coefficient (Wildman–Crippen LogP) is 3.82. The fourth-order valence-electron chi connectivity index (χ4n) is 2.75. The molecular weight excluding hydrogens is 250 g/mol. The summed E-state index contributed by atoms with van der Waals surface area (Å²) in [5, 5.41) is 0. The maximum atomic E-state index is 12.2. The smallest absolute Gasteiger partial charge is 0.340 e. The van der Waals surface area contributed by atoms with Crippen LogP contribution >= 0.6 is 0 Å². The zero-order valence-electron chi connectivity index (χ0n) is 13.1. The molecule has 0 unspecified atom stereocenters. The Kier molecular flexibility index (Phi) is 4.46. The summed E-state index contributed by atoms with van der Waals surface area (Å²) in [5.74, 6) is -0.239. The van der Waals surface area contributed by atoms with Crippen LogP contribution in [0.25, 0.3) is 0 Å². The first-order valence-corrected chi connectivity index (χ1v) is 7.64. The lowest BCUT2D eigenvalue weighted by molar-refractivity contribution is 0.0522. The maximum absolute atomic E-state index is 12.2. The van der Waals surface area contributed by atoms with Gasteiger partial charge in [0.05, 0.1) is 17.9 Å². The highest BCUT2D eigenvalue weighted by Gasteiger charge is 2.26. The number of carbonyl (C=O) groups is 1. The number of pyridine rings is 1. The second kappa shape index (κ2) is 5.94. The molecule has 3 nitrogen and oxygen atoms in total. The summed E-state index contributed by atoms with van der Waals surface area (Å²) in [7, 11) is 0. The number of aryl methyl sites for hydroxylation is 2. The summed E-state index contributed by atoms with van der Waals surface area (Å²) in [5.41, 5.74) is 3.79. The molecule has 1 aliphatic carbocycles. The van der Waals surface area contributed by atoms with Gasteiger partial charge in [0, 0.05) is 11.1 Å². The van der Waals surface area contributed by atoms with Crippen molar-refractivity contribution in [3.63, 3.8) is 0 Å². The van der Waals surface area contributed by atoms with E-state index in [1.807, 2.05) is 13.0 Å². The van der Waals surface area contributed by atoms with Crippen LogP contribution in [0.4, 0.5) is 0 Å². The van der Waals surface area contributed by atoms with Gasteiger partial charge in [-0.05, 0) is 44.2 Å². The summed E-state index contributed by atoms with van der Waals surface area (Å²) < 4.78 is 5.21. The number of rotatable bonds is 2. The monoisotopic (exact) mass is 275 g/mol. The van der Waals surface area contributed by atoms with E-state index in [2.05, 4.69) is 20.8 Å². The Morgan fingerprint density at radius 1 is 1.25 bits per heavy atom. The first-order chi connectivity index (χ1) is 9.43. The molecule has 0 radical (unpaired) electrons. The SMILES string of the molecule is CCOC(=O)c1cc2c(nc1C(C)(C)C)CCCCC2. The predicted molar refractivity (Wildman–Crippen MR) is 80.2 cm³/mol. The van der Waals surface area contributed by atoms with Crippen LogP contribution in [-0.4, -0.2) is 17.6 Å². The van der Waals surface area contributed by atoms with Crippen molar-refractivity contribution in [3.8, 4) is 0 Å². The fraction of sp³-hybridized carbons (Fsp3) is 0.647. The average molecular weight is 275 g/mol. The van der Waals surface area contributed by atoms with E-state index in [9.17, 15) is 4.79 Å². The highest BCUT2D eigenvalue weighted by atomic mass is 16.5. The topological polar surface area (TPSA) is 39.2 Å². The van der Waals surface area contributed by atoms with Gasteiger partial charge in [0.25, 0.3) is 0 Å². The highest BCUT2D eigenvalue weighted by Crippen LogP contribution is 2.29. The Bertz CT molecular complexity index is 500. The molecule has 0 bridgehead atoms. The lowest BCUT2D eigenvalue weighted by atomic mass is 9.87. The molecule has 2 rings (SSSR count). The molecule has 0 saturated carbocycles. The maximum Gasteiger partial charge on any atom is 0.340 e. The lowest BCUT2D eigenvalue weighted by Gasteiger charge is -2.23. The van der Waals surface area contributed by atoms with Gasteiger partial charge in [-0.1, -0.05) is 27.2 Å². The molecule has 0 saturated heterocycles. The summed E-state index contributed by atoms with van der Waals surface area (Å²) in [6.07, 6.45) is 5.69. The number of carbonyl (C=O) groups excluding carboxylic acids is 1. The van der Waals surface area contributed by atoms with Crippen LogP contribution in [-0.2, 0) is 23.0 Å². The Morgan fingerprint density at radius 2 is 1.95 bits per heavy atom. The van der Waals surface area contributed by atoms with Crippen molar-refractivity contribution in [2.75, 3.05) is 6.61 Å². The van der Waals surface area contributed by atoms with E-state index in [0.717, 1.165) is 18.5 Å². The normalized spacial score (nSPS) is 15.4. The van der Waals surface area contributed by atoms with Gasteiger partial charge in [0.1, 0.15) is 0 Å². The number of nitrogens with zero attached hydrogens (tertiary/aromatic N) is 1. The molecule has 0 spiro atoms. The number of esters is 1. The number of hydrogen-bond donors (Lipinski definition) is 0. The highest BCUT2D eigenvalue weighted by molar-refractivity contribution is 5.91. The van der Waals surface area contributed by atoms with Crippen molar-refractivity contribution in [2.45, 2.75) is 65.2 Å². The standard InChI is InChI=1S/C17H25NO2/c1-5-20-16(19)13-11-12-9-7-6-8-10-14(12)18-15(13)17(2,3)4/h11H,5-10H2,1-4H3. The van der Waals surface area contributed by atoms with Crippen LogP contribution in [0.2, 0.25) is 0 Å². The Morgan fingerprint density at radius 3 is 2.60 bits per heavy atom. The van der Waals surface area contributed by atoms with Crippen LogP contribution in [0.3, 0.4) is 0 Å². The van der Waals surface area contributed by atoms with E-state index in [4.69, 9.17) is 9.72 Å². The van der Waals surface area contributed by atoms with Gasteiger partial charge in [0.2, 0.25) is 0 Å². The van der Waals surface area contributed by atoms with E-state index in [1.165, 1.54) is 30.5 Å². The molecular formula is C17H25NO2. The molecule has 0 aliphatic heterocycles. The van der Waals surface area contributed by atoms with Crippen LogP contribution < -0.4 is 0 Å². The summed E-state index contributed by atoms with van der Waals surface area (Å²) >= 11 is 0. The third-order valence-electron chi connectivity index (χ3n) is 3.76. The Labute approximate surface area is 121 Å². The number of ether oxygens (including phenoxy) is 1. The quantitative estimate of drug-likeness (QED) is 0.608. The number of aromatic nitrogens is 1. The van der Waals surface area contributed by atoms with Crippen molar-refractivity contribution in [1.29, 1.82) is 0 Å². The zero-order valence-corrected chi connectivity index (χ0v) is 13.1. The minimum Gasteiger partial charge on any atom is -0.462 e. The largest absolute Gasteiger partial charge is 0.462 e. The van der Waals surface area contributed by atoms with Crippen LogP contribution in [0.1, 0.15) is 74.3 Å². The van der Waals surface area contributed by atoms with Gasteiger partial charge in [0.15, 0.2) is 0 Å². The second-order valence-corrected chi connectivity index (χ2v) is 6.52. The first-order valence-electron chi connectivity index (χ1n) is 7.64. The average Bonchev–Trinajstić information content (AvgIpc) is 2.60. The van der Waals surface area contributed by atoms with Gasteiger partial charge < -0.3 is 4.74 Å². The molecule has 1 heterocycles. The van der Waals surface area contributed by atoms with E-state index in [1.54, 1.807) is 0 Å². The third kappa shape index (κ3) is 3.20. The molecule has 1 aromatic rings. The van der Waals surface area contributed by atoms with E-state index in [-0.39, 0.29) is 11.4 Å². The number of fused-ring (bicyclic) bond motifs is 1. The van der Waals surface area contributed by atoms with Crippen LogP contribution in [0, 0.1) is 0 Å². The molecule has 0 N–H and O–H groups in total. The van der Waals surface area contributed by atoms with Crippen LogP contribution in [0.15, 0.2) is 6.07 Å². The lowest BCUT2D eigenvalue weighted by Crippen LogP contribution is -2.22. The zero-order chi connectivity index (χ0) is 14.8. The molecule has 0 amide bonds. The summed E-state index contributed by atoms with van der Waals surface area (Å²) in [6, 6.07) is 2.03.